The summed E-state index contributed by atoms with van der Waals surface area (Å²) in [5.74, 6) is -0.300. The van der Waals surface area contributed by atoms with Crippen molar-refractivity contribution in [3.05, 3.63) is 82.4 Å². The van der Waals surface area contributed by atoms with Gasteiger partial charge in [0, 0.05) is 39.1 Å². The van der Waals surface area contributed by atoms with Crippen molar-refractivity contribution in [2.45, 2.75) is 51.0 Å². The minimum absolute atomic E-state index is 0.121. The van der Waals surface area contributed by atoms with E-state index in [0.29, 0.717) is 30.3 Å². The van der Waals surface area contributed by atoms with Crippen LogP contribution < -0.4 is 4.90 Å². The molecule has 2 heterocycles. The number of carbonyl (C=O) groups is 1. The molecular formula is C31H37N5O4S. The number of carbonyl (C=O) groups excluding carboxylic acids is 1. The minimum Gasteiger partial charge on any atom is -0.466 e. The maximum absolute atomic E-state index is 13.8. The number of aromatic nitrogens is 3. The summed E-state index contributed by atoms with van der Waals surface area (Å²) in [5.41, 5.74) is 6.31. The van der Waals surface area contributed by atoms with Crippen LogP contribution in [0.25, 0.3) is 11.0 Å². The maximum atomic E-state index is 13.8. The minimum atomic E-state index is -3.72. The van der Waals surface area contributed by atoms with E-state index in [1.165, 1.54) is 0 Å². The SMILES string of the molecule is CCOC(=O)CC(C)(c1ccc(C)c(CN2CCN(C)c3ccccc3S2(=O)=O)c1)c1ccc2c(nnn2C)c1C. The van der Waals surface area contributed by atoms with Crippen LogP contribution in [0.15, 0.2) is 59.5 Å². The molecule has 0 radical (unpaired) electrons. The van der Waals surface area contributed by atoms with Crippen molar-refractivity contribution in [2.24, 2.45) is 7.05 Å². The number of para-hydroxylation sites is 1. The van der Waals surface area contributed by atoms with E-state index >= 15 is 0 Å². The van der Waals surface area contributed by atoms with Crippen LogP contribution in [0.3, 0.4) is 0 Å². The van der Waals surface area contributed by atoms with Gasteiger partial charge in [0.25, 0.3) is 0 Å². The molecule has 41 heavy (non-hydrogen) atoms. The van der Waals surface area contributed by atoms with Gasteiger partial charge in [0.1, 0.15) is 10.4 Å². The smallest absolute Gasteiger partial charge is 0.307 e. The fourth-order valence-corrected chi connectivity index (χ4v) is 7.50. The van der Waals surface area contributed by atoms with Crippen molar-refractivity contribution in [2.75, 3.05) is 31.6 Å². The Hall–Kier alpha value is -3.76. The van der Waals surface area contributed by atoms with Crippen LogP contribution in [0.5, 0.6) is 0 Å². The zero-order chi connectivity index (χ0) is 29.5. The van der Waals surface area contributed by atoms with Crippen molar-refractivity contribution in [1.29, 1.82) is 0 Å². The molecule has 216 valence electrons. The highest BCUT2D eigenvalue weighted by atomic mass is 32.2. The number of fused-ring (bicyclic) bond motifs is 2. The average molecular weight is 576 g/mol. The molecule has 0 bridgehead atoms. The molecule has 0 spiro atoms. The molecule has 0 saturated heterocycles. The van der Waals surface area contributed by atoms with E-state index in [1.807, 2.05) is 82.2 Å². The molecule has 0 aliphatic carbocycles. The molecule has 9 nitrogen and oxygen atoms in total. The lowest BCUT2D eigenvalue weighted by Crippen LogP contribution is -2.34. The summed E-state index contributed by atoms with van der Waals surface area (Å²) >= 11 is 0. The zero-order valence-corrected chi connectivity index (χ0v) is 25.3. The number of hydrogen-bond acceptors (Lipinski definition) is 7. The summed E-state index contributed by atoms with van der Waals surface area (Å²) in [6.07, 6.45) is 0.121. The van der Waals surface area contributed by atoms with E-state index in [9.17, 15) is 13.2 Å². The van der Waals surface area contributed by atoms with Crippen molar-refractivity contribution in [3.63, 3.8) is 0 Å². The summed E-state index contributed by atoms with van der Waals surface area (Å²) in [4.78, 5) is 15.3. The Morgan fingerprint density at radius 2 is 1.80 bits per heavy atom. The van der Waals surface area contributed by atoms with E-state index in [2.05, 4.69) is 10.3 Å². The van der Waals surface area contributed by atoms with E-state index in [-0.39, 0.29) is 18.9 Å². The zero-order valence-electron chi connectivity index (χ0n) is 24.5. The lowest BCUT2D eigenvalue weighted by molar-refractivity contribution is -0.144. The quantitative estimate of drug-likeness (QED) is 0.300. The van der Waals surface area contributed by atoms with Crippen LogP contribution in [0.4, 0.5) is 5.69 Å². The molecule has 0 saturated carbocycles. The van der Waals surface area contributed by atoms with Crippen molar-refractivity contribution in [1.82, 2.24) is 19.3 Å². The van der Waals surface area contributed by atoms with Crippen LogP contribution in [0, 0.1) is 13.8 Å². The predicted octanol–water partition coefficient (Wildman–Crippen LogP) is 4.49. The van der Waals surface area contributed by atoms with Crippen molar-refractivity contribution >= 4 is 32.7 Å². The Kier molecular flexibility index (Phi) is 7.65. The fraction of sp³-hybridized carbons (Fsp3) is 0.387. The Morgan fingerprint density at radius 1 is 1.05 bits per heavy atom. The highest BCUT2D eigenvalue weighted by Crippen LogP contribution is 2.40. The number of rotatable bonds is 7. The van der Waals surface area contributed by atoms with Crippen molar-refractivity contribution in [3.8, 4) is 0 Å². The van der Waals surface area contributed by atoms with Crippen molar-refractivity contribution < 1.29 is 17.9 Å². The monoisotopic (exact) mass is 575 g/mol. The average Bonchev–Trinajstić information content (AvgIpc) is 3.29. The molecule has 3 aromatic carbocycles. The molecule has 1 aliphatic rings. The molecular weight excluding hydrogens is 538 g/mol. The van der Waals surface area contributed by atoms with E-state index in [1.54, 1.807) is 28.0 Å². The first-order chi connectivity index (χ1) is 19.5. The Labute approximate surface area is 241 Å². The third-order valence-electron chi connectivity index (χ3n) is 8.35. The molecule has 1 aromatic heterocycles. The van der Waals surface area contributed by atoms with Gasteiger partial charge in [-0.25, -0.2) is 13.1 Å². The summed E-state index contributed by atoms with van der Waals surface area (Å²) in [6.45, 7) is 9.28. The van der Waals surface area contributed by atoms with Gasteiger partial charge >= 0.3 is 5.97 Å². The van der Waals surface area contributed by atoms with E-state index in [4.69, 9.17) is 4.74 Å². The van der Waals surface area contributed by atoms with Crippen LogP contribution in [0.2, 0.25) is 0 Å². The topological polar surface area (TPSA) is 97.6 Å². The Morgan fingerprint density at radius 3 is 2.56 bits per heavy atom. The first-order valence-corrected chi connectivity index (χ1v) is 15.3. The number of nitrogens with zero attached hydrogens (tertiary/aromatic N) is 5. The van der Waals surface area contributed by atoms with Gasteiger partial charge in [-0.05, 0) is 66.8 Å². The third kappa shape index (κ3) is 5.10. The normalized spacial score (nSPS) is 16.7. The molecule has 4 aromatic rings. The number of likely N-dealkylation sites (N-methyl/N-ethyl adjacent to an activating group) is 1. The van der Waals surface area contributed by atoms with E-state index < -0.39 is 15.4 Å². The summed E-state index contributed by atoms with van der Waals surface area (Å²) in [6, 6.07) is 17.2. The van der Waals surface area contributed by atoms with Gasteiger partial charge in [-0.15, -0.1) is 5.10 Å². The molecule has 1 atom stereocenters. The van der Waals surface area contributed by atoms with Gasteiger partial charge in [0.05, 0.1) is 24.2 Å². The van der Waals surface area contributed by atoms with Gasteiger partial charge in [-0.1, -0.05) is 48.5 Å². The summed E-state index contributed by atoms with van der Waals surface area (Å²) < 4.78 is 36.3. The molecule has 0 amide bonds. The van der Waals surface area contributed by atoms with Crippen LogP contribution in [0.1, 0.15) is 48.1 Å². The Balaban J connectivity index is 1.60. The van der Waals surface area contributed by atoms with Crippen LogP contribution >= 0.6 is 0 Å². The lowest BCUT2D eigenvalue weighted by atomic mass is 9.71. The van der Waals surface area contributed by atoms with Gasteiger partial charge in [0.15, 0.2) is 0 Å². The van der Waals surface area contributed by atoms with Gasteiger partial charge in [0.2, 0.25) is 10.0 Å². The fourth-order valence-electron chi connectivity index (χ4n) is 5.86. The second-order valence-electron chi connectivity index (χ2n) is 11.0. The standard InChI is InChI=1S/C31H37N5O4S/c1-7-40-29(37)19-31(4,25-14-15-27-30(22(25)3)32-33-35(27)6)24-13-12-21(2)23(18-24)20-36-17-16-34(5)26-10-8-9-11-28(26)41(36,38)39/h8-15,18H,7,16-17,19-20H2,1-6H3. The number of sulfonamides is 1. The number of anilines is 1. The summed E-state index contributed by atoms with van der Waals surface area (Å²) in [5, 5.41) is 8.56. The highest BCUT2D eigenvalue weighted by Gasteiger charge is 2.36. The third-order valence-corrected chi connectivity index (χ3v) is 10.2. The first kappa shape index (κ1) is 28.8. The lowest BCUT2D eigenvalue weighted by Gasteiger charge is -2.32. The number of esters is 1. The molecule has 0 N–H and O–H groups in total. The second-order valence-corrected chi connectivity index (χ2v) is 12.9. The maximum Gasteiger partial charge on any atom is 0.307 e. The molecule has 10 heteroatoms. The van der Waals surface area contributed by atoms with Gasteiger partial charge in [-0.3, -0.25) is 4.79 Å². The predicted molar refractivity (Wildman–Crippen MR) is 159 cm³/mol. The molecule has 1 unspecified atom stereocenters. The largest absolute Gasteiger partial charge is 0.466 e. The number of aryl methyl sites for hydroxylation is 3. The highest BCUT2D eigenvalue weighted by molar-refractivity contribution is 7.89. The second kappa shape index (κ2) is 10.9. The molecule has 5 rings (SSSR count). The van der Waals surface area contributed by atoms with Gasteiger partial charge < -0.3 is 9.64 Å². The van der Waals surface area contributed by atoms with Gasteiger partial charge in [-0.2, -0.15) is 4.31 Å². The van der Waals surface area contributed by atoms with Crippen LogP contribution in [-0.2, 0) is 38.6 Å². The number of ether oxygens (including phenoxy) is 1. The summed E-state index contributed by atoms with van der Waals surface area (Å²) in [7, 11) is 0.0475. The molecule has 0 fully saturated rings. The Bertz CT molecular complexity index is 1730. The molecule has 1 aliphatic heterocycles. The number of benzene rings is 3. The van der Waals surface area contributed by atoms with Crippen LogP contribution in [-0.4, -0.2) is 60.4 Å². The van der Waals surface area contributed by atoms with E-state index in [0.717, 1.165) is 38.9 Å². The number of hydrogen-bond donors (Lipinski definition) is 0. The first-order valence-electron chi connectivity index (χ1n) is 13.8.